The third-order valence-corrected chi connectivity index (χ3v) is 4.14. The Morgan fingerprint density at radius 2 is 1.86 bits per heavy atom. The van der Waals surface area contributed by atoms with Crippen molar-refractivity contribution in [3.05, 3.63) is 70.0 Å². The lowest BCUT2D eigenvalue weighted by molar-refractivity contribution is 0.627. The standard InChI is InChI=1S/C17H15ClFNS/c18-16-6-3-13(4-7-16)11-21-12-15-5-8-17(19)10-14(15)2-1-9-20/h3-8,10H,9,11-12,20H2. The van der Waals surface area contributed by atoms with Gasteiger partial charge in [-0.2, -0.15) is 11.8 Å². The van der Waals surface area contributed by atoms with Crippen molar-refractivity contribution in [2.45, 2.75) is 11.5 Å². The second-order valence-electron chi connectivity index (χ2n) is 4.43. The normalized spacial score (nSPS) is 10.0. The van der Waals surface area contributed by atoms with Crippen LogP contribution in [0.15, 0.2) is 42.5 Å². The topological polar surface area (TPSA) is 26.0 Å². The van der Waals surface area contributed by atoms with Crippen molar-refractivity contribution >= 4 is 23.4 Å². The molecule has 0 unspecified atom stereocenters. The van der Waals surface area contributed by atoms with E-state index in [9.17, 15) is 4.39 Å². The van der Waals surface area contributed by atoms with E-state index in [2.05, 4.69) is 11.8 Å². The summed E-state index contributed by atoms with van der Waals surface area (Å²) in [7, 11) is 0. The summed E-state index contributed by atoms with van der Waals surface area (Å²) in [6.07, 6.45) is 0. The molecule has 108 valence electrons. The molecule has 0 aliphatic carbocycles. The summed E-state index contributed by atoms with van der Waals surface area (Å²) in [6, 6.07) is 12.5. The highest BCUT2D eigenvalue weighted by Gasteiger charge is 2.03. The van der Waals surface area contributed by atoms with Crippen molar-refractivity contribution in [1.29, 1.82) is 0 Å². The average molecular weight is 320 g/mol. The average Bonchev–Trinajstić information content (AvgIpc) is 2.49. The minimum atomic E-state index is -0.275. The van der Waals surface area contributed by atoms with Gasteiger partial charge in [0, 0.05) is 22.1 Å². The monoisotopic (exact) mass is 319 g/mol. The van der Waals surface area contributed by atoms with E-state index in [1.165, 1.54) is 17.7 Å². The number of nitrogens with two attached hydrogens (primary N) is 1. The number of hydrogen-bond donors (Lipinski definition) is 1. The smallest absolute Gasteiger partial charge is 0.124 e. The summed E-state index contributed by atoms with van der Waals surface area (Å²) in [5.74, 6) is 7.07. The van der Waals surface area contributed by atoms with Crippen LogP contribution in [0.5, 0.6) is 0 Å². The van der Waals surface area contributed by atoms with Crippen LogP contribution in [0.4, 0.5) is 4.39 Å². The Kier molecular flexibility index (Phi) is 6.13. The van der Waals surface area contributed by atoms with Gasteiger partial charge in [0.15, 0.2) is 0 Å². The number of rotatable bonds is 4. The third kappa shape index (κ3) is 5.09. The first-order chi connectivity index (χ1) is 10.2. The minimum absolute atomic E-state index is 0.272. The van der Waals surface area contributed by atoms with E-state index in [4.69, 9.17) is 17.3 Å². The van der Waals surface area contributed by atoms with Crippen LogP contribution in [-0.2, 0) is 11.5 Å². The van der Waals surface area contributed by atoms with Gasteiger partial charge in [-0.15, -0.1) is 0 Å². The molecule has 21 heavy (non-hydrogen) atoms. The first-order valence-electron chi connectivity index (χ1n) is 6.48. The van der Waals surface area contributed by atoms with Gasteiger partial charge in [-0.25, -0.2) is 4.39 Å². The molecule has 2 aromatic rings. The second kappa shape index (κ2) is 8.09. The van der Waals surface area contributed by atoms with Crippen LogP contribution in [-0.4, -0.2) is 6.54 Å². The fourth-order valence-electron chi connectivity index (χ4n) is 1.80. The first-order valence-corrected chi connectivity index (χ1v) is 8.02. The number of hydrogen-bond acceptors (Lipinski definition) is 2. The molecular weight excluding hydrogens is 305 g/mol. The molecule has 0 aliphatic heterocycles. The van der Waals surface area contributed by atoms with Crippen LogP contribution in [0.3, 0.4) is 0 Å². The highest BCUT2D eigenvalue weighted by atomic mass is 35.5. The Hall–Kier alpha value is -1.47. The van der Waals surface area contributed by atoms with E-state index in [1.54, 1.807) is 17.8 Å². The molecule has 0 spiro atoms. The molecule has 4 heteroatoms. The lowest BCUT2D eigenvalue weighted by atomic mass is 10.1. The van der Waals surface area contributed by atoms with Gasteiger partial charge in [-0.1, -0.05) is 41.6 Å². The summed E-state index contributed by atoms with van der Waals surface area (Å²) in [5, 5.41) is 0.738. The lowest BCUT2D eigenvalue weighted by Crippen LogP contribution is -1.95. The zero-order valence-corrected chi connectivity index (χ0v) is 13.0. The van der Waals surface area contributed by atoms with Crippen molar-refractivity contribution in [2.24, 2.45) is 5.73 Å². The molecule has 0 atom stereocenters. The summed E-state index contributed by atoms with van der Waals surface area (Å²) < 4.78 is 13.3. The Bertz CT molecular complexity index is 659. The Morgan fingerprint density at radius 1 is 1.10 bits per heavy atom. The van der Waals surface area contributed by atoms with Crippen LogP contribution in [0.1, 0.15) is 16.7 Å². The quantitative estimate of drug-likeness (QED) is 0.854. The fourth-order valence-corrected chi connectivity index (χ4v) is 2.92. The predicted octanol–water partition coefficient (Wildman–Crippen LogP) is 4.22. The van der Waals surface area contributed by atoms with Crippen molar-refractivity contribution < 1.29 is 4.39 Å². The summed E-state index contributed by atoms with van der Waals surface area (Å²) in [4.78, 5) is 0. The lowest BCUT2D eigenvalue weighted by Gasteiger charge is -2.06. The minimum Gasteiger partial charge on any atom is -0.320 e. The van der Waals surface area contributed by atoms with Crippen molar-refractivity contribution in [1.82, 2.24) is 0 Å². The highest BCUT2D eigenvalue weighted by Crippen LogP contribution is 2.21. The number of thioether (sulfide) groups is 1. The van der Waals surface area contributed by atoms with Gasteiger partial charge < -0.3 is 5.73 Å². The largest absolute Gasteiger partial charge is 0.320 e. The molecule has 2 rings (SSSR count). The molecule has 1 nitrogen and oxygen atoms in total. The van der Waals surface area contributed by atoms with Gasteiger partial charge in [0.2, 0.25) is 0 Å². The van der Waals surface area contributed by atoms with Crippen molar-refractivity contribution in [2.75, 3.05) is 6.54 Å². The van der Waals surface area contributed by atoms with E-state index in [0.717, 1.165) is 22.1 Å². The molecule has 0 saturated heterocycles. The van der Waals surface area contributed by atoms with E-state index >= 15 is 0 Å². The van der Waals surface area contributed by atoms with Gasteiger partial charge in [0.25, 0.3) is 0 Å². The molecule has 0 bridgehead atoms. The summed E-state index contributed by atoms with van der Waals surface area (Å²) >= 11 is 7.61. The van der Waals surface area contributed by atoms with E-state index in [1.807, 2.05) is 24.3 Å². The van der Waals surface area contributed by atoms with Gasteiger partial charge in [0.1, 0.15) is 5.82 Å². The van der Waals surface area contributed by atoms with E-state index < -0.39 is 0 Å². The van der Waals surface area contributed by atoms with Crippen molar-refractivity contribution in [3.8, 4) is 11.8 Å². The molecule has 0 radical (unpaired) electrons. The Labute approximate surface area is 133 Å². The summed E-state index contributed by atoms with van der Waals surface area (Å²) in [5.41, 5.74) is 8.32. The van der Waals surface area contributed by atoms with Crippen LogP contribution in [0.2, 0.25) is 5.02 Å². The van der Waals surface area contributed by atoms with Crippen molar-refractivity contribution in [3.63, 3.8) is 0 Å². The maximum atomic E-state index is 13.3. The molecular formula is C17H15ClFNS. The van der Waals surface area contributed by atoms with Crippen LogP contribution >= 0.6 is 23.4 Å². The first kappa shape index (κ1) is 15.9. The third-order valence-electron chi connectivity index (χ3n) is 2.84. The number of benzene rings is 2. The SMILES string of the molecule is NCC#Cc1cc(F)ccc1CSCc1ccc(Cl)cc1. The molecule has 0 fully saturated rings. The van der Waals surface area contributed by atoms with E-state index in [-0.39, 0.29) is 12.4 Å². The van der Waals surface area contributed by atoms with Gasteiger partial charge >= 0.3 is 0 Å². The molecule has 0 saturated carbocycles. The van der Waals surface area contributed by atoms with Crippen LogP contribution in [0, 0.1) is 17.7 Å². The van der Waals surface area contributed by atoms with Gasteiger partial charge in [-0.3, -0.25) is 0 Å². The Balaban J connectivity index is 2.01. The molecule has 0 amide bonds. The fraction of sp³-hybridized carbons (Fsp3) is 0.176. The number of halogens is 2. The Morgan fingerprint density at radius 3 is 2.57 bits per heavy atom. The summed E-state index contributed by atoms with van der Waals surface area (Å²) in [6.45, 7) is 0.272. The van der Waals surface area contributed by atoms with Gasteiger partial charge in [0.05, 0.1) is 6.54 Å². The maximum absolute atomic E-state index is 13.3. The zero-order chi connectivity index (χ0) is 15.1. The second-order valence-corrected chi connectivity index (χ2v) is 5.85. The van der Waals surface area contributed by atoms with E-state index in [0.29, 0.717) is 5.56 Å². The van der Waals surface area contributed by atoms with Crippen LogP contribution < -0.4 is 5.73 Å². The molecule has 2 aromatic carbocycles. The zero-order valence-electron chi connectivity index (χ0n) is 11.4. The highest BCUT2D eigenvalue weighted by molar-refractivity contribution is 7.97. The molecule has 0 aromatic heterocycles. The maximum Gasteiger partial charge on any atom is 0.124 e. The predicted molar refractivity (Wildman–Crippen MR) is 88.8 cm³/mol. The molecule has 0 aliphatic rings. The molecule has 0 heterocycles. The van der Waals surface area contributed by atoms with Gasteiger partial charge in [-0.05, 0) is 35.4 Å². The molecule has 2 N–H and O–H groups in total. The van der Waals surface area contributed by atoms with Crippen LogP contribution in [0.25, 0.3) is 0 Å².